The Bertz CT molecular complexity index is 232. The van der Waals surface area contributed by atoms with Gasteiger partial charge in [-0.3, -0.25) is 4.79 Å². The summed E-state index contributed by atoms with van der Waals surface area (Å²) in [5, 5.41) is 3.24. The molecule has 0 aromatic heterocycles. The highest BCUT2D eigenvalue weighted by molar-refractivity contribution is 5.84. The molecule has 1 fully saturated rings. The average Bonchev–Trinajstić information content (AvgIpc) is 2.46. The standard InChI is InChI=1S/C12H24N2O/c1-6-13-10-7-8-14(11(10)15)9(2)12(3,4)5/h9-10,13H,6-8H2,1-5H3. The van der Waals surface area contributed by atoms with Crippen LogP contribution in [-0.4, -0.2) is 36.0 Å². The Morgan fingerprint density at radius 3 is 2.60 bits per heavy atom. The maximum atomic E-state index is 12.0. The van der Waals surface area contributed by atoms with E-state index in [4.69, 9.17) is 0 Å². The van der Waals surface area contributed by atoms with Gasteiger partial charge in [-0.2, -0.15) is 0 Å². The Morgan fingerprint density at radius 1 is 1.53 bits per heavy atom. The number of hydrogen-bond acceptors (Lipinski definition) is 2. The number of nitrogens with zero attached hydrogens (tertiary/aromatic N) is 1. The number of nitrogens with one attached hydrogen (secondary N) is 1. The quantitative estimate of drug-likeness (QED) is 0.771. The van der Waals surface area contributed by atoms with Crippen LogP contribution in [0, 0.1) is 5.41 Å². The molecule has 1 saturated heterocycles. The van der Waals surface area contributed by atoms with Crippen LogP contribution < -0.4 is 5.32 Å². The number of amides is 1. The summed E-state index contributed by atoms with van der Waals surface area (Å²) in [6.07, 6.45) is 0.951. The zero-order valence-electron chi connectivity index (χ0n) is 10.6. The molecule has 3 heteroatoms. The third-order valence-electron chi connectivity index (χ3n) is 3.41. The van der Waals surface area contributed by atoms with Gasteiger partial charge in [0.1, 0.15) is 0 Å². The first-order valence-electron chi connectivity index (χ1n) is 5.91. The summed E-state index contributed by atoms with van der Waals surface area (Å²) in [5.41, 5.74) is 0.163. The molecule has 1 heterocycles. The smallest absolute Gasteiger partial charge is 0.240 e. The van der Waals surface area contributed by atoms with Gasteiger partial charge in [0, 0.05) is 12.6 Å². The maximum absolute atomic E-state index is 12.0. The molecule has 2 unspecified atom stereocenters. The highest BCUT2D eigenvalue weighted by Crippen LogP contribution is 2.27. The van der Waals surface area contributed by atoms with Gasteiger partial charge in [-0.15, -0.1) is 0 Å². The molecule has 3 nitrogen and oxygen atoms in total. The third kappa shape index (κ3) is 2.71. The molecule has 1 rings (SSSR count). The lowest BCUT2D eigenvalue weighted by Gasteiger charge is -2.35. The van der Waals surface area contributed by atoms with E-state index in [0.717, 1.165) is 19.5 Å². The Kier molecular flexibility index (Phi) is 3.77. The number of likely N-dealkylation sites (N-methyl/N-ethyl adjacent to an activating group) is 1. The minimum Gasteiger partial charge on any atom is -0.338 e. The van der Waals surface area contributed by atoms with E-state index >= 15 is 0 Å². The highest BCUT2D eigenvalue weighted by Gasteiger charge is 2.37. The van der Waals surface area contributed by atoms with Gasteiger partial charge in [0.15, 0.2) is 0 Å². The van der Waals surface area contributed by atoms with Crippen LogP contribution in [0.4, 0.5) is 0 Å². The SMILES string of the molecule is CCNC1CCN(C(C)C(C)(C)C)C1=O. The highest BCUT2D eigenvalue weighted by atomic mass is 16.2. The molecule has 0 aliphatic carbocycles. The summed E-state index contributed by atoms with van der Waals surface area (Å²) in [6, 6.07) is 0.369. The normalized spacial score (nSPS) is 24.7. The Balaban J connectivity index is 2.63. The van der Waals surface area contributed by atoms with Gasteiger partial charge in [-0.05, 0) is 25.3 Å². The average molecular weight is 212 g/mol. The Labute approximate surface area is 93.2 Å². The Hall–Kier alpha value is -0.570. The van der Waals surface area contributed by atoms with Crippen LogP contribution in [0.15, 0.2) is 0 Å². The van der Waals surface area contributed by atoms with Crippen LogP contribution in [0.25, 0.3) is 0 Å². The summed E-state index contributed by atoms with van der Waals surface area (Å²) >= 11 is 0. The fourth-order valence-electron chi connectivity index (χ4n) is 1.99. The van der Waals surface area contributed by atoms with Crippen molar-refractivity contribution in [2.45, 2.75) is 53.1 Å². The van der Waals surface area contributed by atoms with E-state index in [9.17, 15) is 4.79 Å². The molecule has 0 spiro atoms. The van der Waals surface area contributed by atoms with Crippen LogP contribution in [0.3, 0.4) is 0 Å². The van der Waals surface area contributed by atoms with Crippen molar-refractivity contribution >= 4 is 5.91 Å². The third-order valence-corrected chi connectivity index (χ3v) is 3.41. The zero-order chi connectivity index (χ0) is 11.6. The number of carbonyl (C=O) groups excluding carboxylic acids is 1. The fourth-order valence-corrected chi connectivity index (χ4v) is 1.99. The summed E-state index contributed by atoms with van der Waals surface area (Å²) in [7, 11) is 0. The number of hydrogen-bond donors (Lipinski definition) is 1. The van der Waals surface area contributed by atoms with Crippen LogP contribution >= 0.6 is 0 Å². The summed E-state index contributed by atoms with van der Waals surface area (Å²) in [6.45, 7) is 12.5. The van der Waals surface area contributed by atoms with Crippen molar-refractivity contribution in [1.82, 2.24) is 10.2 Å². The predicted molar refractivity (Wildman–Crippen MR) is 62.7 cm³/mol. The lowest BCUT2D eigenvalue weighted by atomic mass is 9.87. The number of carbonyl (C=O) groups is 1. The second-order valence-corrected chi connectivity index (χ2v) is 5.47. The van der Waals surface area contributed by atoms with Crippen LogP contribution in [0.1, 0.15) is 41.0 Å². The Morgan fingerprint density at radius 2 is 2.13 bits per heavy atom. The van der Waals surface area contributed by atoms with E-state index in [1.165, 1.54) is 0 Å². The van der Waals surface area contributed by atoms with Crippen molar-refractivity contribution in [3.63, 3.8) is 0 Å². The maximum Gasteiger partial charge on any atom is 0.240 e. The van der Waals surface area contributed by atoms with Gasteiger partial charge in [0.2, 0.25) is 5.91 Å². The predicted octanol–water partition coefficient (Wildman–Crippen LogP) is 1.63. The van der Waals surface area contributed by atoms with Gasteiger partial charge >= 0.3 is 0 Å². The second kappa shape index (κ2) is 4.52. The zero-order valence-corrected chi connectivity index (χ0v) is 10.6. The monoisotopic (exact) mass is 212 g/mol. The first-order chi connectivity index (χ1) is 6.88. The molecule has 0 radical (unpaired) electrons. The molecule has 15 heavy (non-hydrogen) atoms. The lowest BCUT2D eigenvalue weighted by Crippen LogP contribution is -2.46. The summed E-state index contributed by atoms with van der Waals surface area (Å²) in [4.78, 5) is 14.1. The molecule has 0 bridgehead atoms. The first kappa shape index (κ1) is 12.5. The number of likely N-dealkylation sites (tertiary alicyclic amines) is 1. The molecule has 88 valence electrons. The van der Waals surface area contributed by atoms with Gasteiger partial charge < -0.3 is 10.2 Å². The van der Waals surface area contributed by atoms with Gasteiger partial charge in [0.25, 0.3) is 0 Å². The molecule has 0 saturated carbocycles. The molecular formula is C12H24N2O. The van der Waals surface area contributed by atoms with E-state index in [2.05, 4.69) is 33.0 Å². The molecular weight excluding hydrogens is 188 g/mol. The lowest BCUT2D eigenvalue weighted by molar-refractivity contribution is -0.132. The largest absolute Gasteiger partial charge is 0.338 e. The van der Waals surface area contributed by atoms with Crippen LogP contribution in [0.5, 0.6) is 0 Å². The first-order valence-corrected chi connectivity index (χ1v) is 5.91. The van der Waals surface area contributed by atoms with Crippen molar-refractivity contribution in [2.24, 2.45) is 5.41 Å². The molecule has 1 aliphatic rings. The van der Waals surface area contributed by atoms with Gasteiger partial charge in [-0.1, -0.05) is 27.7 Å². The molecule has 0 aromatic rings. The van der Waals surface area contributed by atoms with Crippen LogP contribution in [-0.2, 0) is 4.79 Å². The van der Waals surface area contributed by atoms with E-state index < -0.39 is 0 Å². The minimum atomic E-state index is 0.0554. The molecule has 1 aliphatic heterocycles. The minimum absolute atomic E-state index is 0.0554. The molecule has 1 amide bonds. The summed E-state index contributed by atoms with van der Waals surface area (Å²) in [5.74, 6) is 0.277. The summed E-state index contributed by atoms with van der Waals surface area (Å²) < 4.78 is 0. The molecule has 0 aromatic carbocycles. The van der Waals surface area contributed by atoms with E-state index in [0.29, 0.717) is 6.04 Å². The van der Waals surface area contributed by atoms with Gasteiger partial charge in [0.05, 0.1) is 6.04 Å². The van der Waals surface area contributed by atoms with E-state index in [1.807, 2.05) is 11.8 Å². The van der Waals surface area contributed by atoms with Crippen molar-refractivity contribution < 1.29 is 4.79 Å². The second-order valence-electron chi connectivity index (χ2n) is 5.47. The van der Waals surface area contributed by atoms with Crippen molar-refractivity contribution in [3.8, 4) is 0 Å². The van der Waals surface area contributed by atoms with Crippen molar-refractivity contribution in [2.75, 3.05) is 13.1 Å². The van der Waals surface area contributed by atoms with E-state index in [-0.39, 0.29) is 17.4 Å². The van der Waals surface area contributed by atoms with E-state index in [1.54, 1.807) is 0 Å². The fraction of sp³-hybridized carbons (Fsp3) is 0.917. The molecule has 2 atom stereocenters. The van der Waals surface area contributed by atoms with Crippen molar-refractivity contribution in [3.05, 3.63) is 0 Å². The van der Waals surface area contributed by atoms with Crippen molar-refractivity contribution in [1.29, 1.82) is 0 Å². The molecule has 1 N–H and O–H groups in total. The van der Waals surface area contributed by atoms with Gasteiger partial charge in [-0.25, -0.2) is 0 Å². The van der Waals surface area contributed by atoms with Crippen LogP contribution in [0.2, 0.25) is 0 Å². The topological polar surface area (TPSA) is 32.3 Å². The number of rotatable bonds is 3.